The molecule has 1 heterocycles. The largest absolute Gasteiger partial charge is 0.496 e. The van der Waals surface area contributed by atoms with Crippen LogP contribution in [-0.4, -0.2) is 12.3 Å². The highest BCUT2D eigenvalue weighted by atomic mass is 79.9. The molecule has 0 bridgehead atoms. The molecule has 0 spiro atoms. The van der Waals surface area contributed by atoms with Crippen molar-refractivity contribution in [2.24, 2.45) is 0 Å². The summed E-state index contributed by atoms with van der Waals surface area (Å²) in [4.78, 5) is 0. The van der Waals surface area contributed by atoms with Gasteiger partial charge in [-0.3, -0.25) is 0 Å². The standard InChI is InChI=1S/C13H15BrN2O2/c1-7(2)9-4-8(14)5-10(12(9)17-3)11-6-16-18-13(11)15/h4-7H,15H2,1-3H3. The zero-order chi connectivity index (χ0) is 13.3. The summed E-state index contributed by atoms with van der Waals surface area (Å²) in [5.74, 6) is 1.45. The molecule has 0 unspecified atom stereocenters. The lowest BCUT2D eigenvalue weighted by Crippen LogP contribution is -1.98. The summed E-state index contributed by atoms with van der Waals surface area (Å²) in [6.07, 6.45) is 1.60. The van der Waals surface area contributed by atoms with Gasteiger partial charge in [-0.2, -0.15) is 0 Å². The molecule has 0 fully saturated rings. The molecule has 4 nitrogen and oxygen atoms in total. The maximum Gasteiger partial charge on any atom is 0.230 e. The minimum Gasteiger partial charge on any atom is -0.496 e. The molecule has 0 aliphatic rings. The number of aromatic nitrogens is 1. The van der Waals surface area contributed by atoms with Crippen LogP contribution in [-0.2, 0) is 0 Å². The zero-order valence-corrected chi connectivity index (χ0v) is 12.1. The fourth-order valence-electron chi connectivity index (χ4n) is 1.92. The number of rotatable bonds is 3. The second kappa shape index (κ2) is 5.02. The van der Waals surface area contributed by atoms with Gasteiger partial charge in [-0.1, -0.05) is 34.9 Å². The molecule has 18 heavy (non-hydrogen) atoms. The third kappa shape index (κ3) is 2.22. The molecule has 2 rings (SSSR count). The second-order valence-corrected chi connectivity index (χ2v) is 5.25. The number of methoxy groups -OCH3 is 1. The van der Waals surface area contributed by atoms with Crippen molar-refractivity contribution in [3.05, 3.63) is 28.4 Å². The molecule has 0 aliphatic carbocycles. The number of benzene rings is 1. The normalized spacial score (nSPS) is 10.9. The summed E-state index contributed by atoms with van der Waals surface area (Å²) < 4.78 is 11.4. The number of nitrogen functional groups attached to an aromatic ring is 1. The van der Waals surface area contributed by atoms with Gasteiger partial charge in [0.05, 0.1) is 18.9 Å². The van der Waals surface area contributed by atoms with E-state index in [2.05, 4.69) is 41.0 Å². The van der Waals surface area contributed by atoms with E-state index < -0.39 is 0 Å². The van der Waals surface area contributed by atoms with E-state index in [0.717, 1.165) is 26.9 Å². The Kier molecular flexibility index (Phi) is 3.61. The third-order valence-electron chi connectivity index (χ3n) is 2.80. The van der Waals surface area contributed by atoms with Crippen LogP contribution in [0.3, 0.4) is 0 Å². The highest BCUT2D eigenvalue weighted by Gasteiger charge is 2.18. The average Bonchev–Trinajstić information content (AvgIpc) is 2.74. The molecule has 1 aromatic carbocycles. The van der Waals surface area contributed by atoms with Gasteiger partial charge in [-0.25, -0.2) is 0 Å². The van der Waals surface area contributed by atoms with E-state index in [-0.39, 0.29) is 0 Å². The molecule has 1 aromatic heterocycles. The van der Waals surface area contributed by atoms with Crippen molar-refractivity contribution in [1.29, 1.82) is 0 Å². The zero-order valence-electron chi connectivity index (χ0n) is 10.5. The van der Waals surface area contributed by atoms with Gasteiger partial charge in [-0.05, 0) is 23.6 Å². The lowest BCUT2D eigenvalue weighted by Gasteiger charge is -2.16. The van der Waals surface area contributed by atoms with E-state index in [1.54, 1.807) is 13.3 Å². The second-order valence-electron chi connectivity index (χ2n) is 4.33. The van der Waals surface area contributed by atoms with E-state index in [0.29, 0.717) is 11.8 Å². The predicted octanol–water partition coefficient (Wildman–Crippen LogP) is 3.82. The highest BCUT2D eigenvalue weighted by Crippen LogP contribution is 2.41. The van der Waals surface area contributed by atoms with Crippen LogP contribution >= 0.6 is 15.9 Å². The topological polar surface area (TPSA) is 61.3 Å². The van der Waals surface area contributed by atoms with Crippen LogP contribution in [0.25, 0.3) is 11.1 Å². The Bertz CT molecular complexity index is 564. The Hall–Kier alpha value is -1.49. The van der Waals surface area contributed by atoms with Gasteiger partial charge in [-0.15, -0.1) is 0 Å². The number of hydrogen-bond acceptors (Lipinski definition) is 4. The minimum atomic E-state index is 0.293. The summed E-state index contributed by atoms with van der Waals surface area (Å²) in [5, 5.41) is 3.71. The molecule has 2 aromatic rings. The number of nitrogens with zero attached hydrogens (tertiary/aromatic N) is 1. The van der Waals surface area contributed by atoms with Gasteiger partial charge in [0.2, 0.25) is 5.88 Å². The first-order valence-electron chi connectivity index (χ1n) is 5.62. The fraction of sp³-hybridized carbons (Fsp3) is 0.308. The summed E-state index contributed by atoms with van der Waals surface area (Å²) in [7, 11) is 1.66. The molecule has 0 amide bonds. The van der Waals surface area contributed by atoms with Crippen LogP contribution in [0.2, 0.25) is 0 Å². The highest BCUT2D eigenvalue weighted by molar-refractivity contribution is 9.10. The van der Waals surface area contributed by atoms with E-state index in [1.807, 2.05) is 6.07 Å². The van der Waals surface area contributed by atoms with Gasteiger partial charge in [0, 0.05) is 10.0 Å². The maximum atomic E-state index is 5.77. The SMILES string of the molecule is COc1c(-c2cnoc2N)cc(Br)cc1C(C)C. The number of halogens is 1. The monoisotopic (exact) mass is 310 g/mol. The van der Waals surface area contributed by atoms with E-state index in [1.165, 1.54) is 0 Å². The van der Waals surface area contributed by atoms with Crippen molar-refractivity contribution in [2.75, 3.05) is 12.8 Å². The van der Waals surface area contributed by atoms with E-state index in [4.69, 9.17) is 15.0 Å². The van der Waals surface area contributed by atoms with Crippen molar-refractivity contribution in [1.82, 2.24) is 5.16 Å². The van der Waals surface area contributed by atoms with Crippen LogP contribution in [0.1, 0.15) is 25.3 Å². The van der Waals surface area contributed by atoms with Gasteiger partial charge in [0.15, 0.2) is 0 Å². The molecule has 5 heteroatoms. The fourth-order valence-corrected chi connectivity index (χ4v) is 2.40. The Balaban J connectivity index is 2.70. The molecule has 0 saturated heterocycles. The minimum absolute atomic E-state index is 0.293. The molecule has 0 atom stereocenters. The molecule has 96 valence electrons. The smallest absolute Gasteiger partial charge is 0.230 e. The quantitative estimate of drug-likeness (QED) is 0.936. The molecule has 0 saturated carbocycles. The molecular formula is C13H15BrN2O2. The summed E-state index contributed by atoms with van der Waals surface area (Å²) in [5.41, 5.74) is 8.51. The van der Waals surface area contributed by atoms with Crippen molar-refractivity contribution >= 4 is 21.8 Å². The Labute approximate surface area is 114 Å². The first-order valence-corrected chi connectivity index (χ1v) is 6.41. The van der Waals surface area contributed by atoms with Crippen LogP contribution in [0.5, 0.6) is 5.75 Å². The van der Waals surface area contributed by atoms with Gasteiger partial charge < -0.3 is 15.0 Å². The lowest BCUT2D eigenvalue weighted by molar-refractivity contribution is 0.409. The summed E-state index contributed by atoms with van der Waals surface area (Å²) in [6.45, 7) is 4.23. The molecular weight excluding hydrogens is 296 g/mol. The van der Waals surface area contributed by atoms with Gasteiger partial charge >= 0.3 is 0 Å². The average molecular weight is 311 g/mol. The predicted molar refractivity (Wildman–Crippen MR) is 74.7 cm³/mol. The lowest BCUT2D eigenvalue weighted by atomic mass is 9.96. The molecule has 0 aliphatic heterocycles. The Morgan fingerprint density at radius 1 is 1.33 bits per heavy atom. The van der Waals surface area contributed by atoms with Crippen molar-refractivity contribution in [3.63, 3.8) is 0 Å². The number of hydrogen-bond donors (Lipinski definition) is 1. The number of ether oxygens (including phenoxy) is 1. The Morgan fingerprint density at radius 3 is 2.56 bits per heavy atom. The number of nitrogens with two attached hydrogens (primary N) is 1. The summed E-state index contributed by atoms with van der Waals surface area (Å²) in [6, 6.07) is 4.00. The third-order valence-corrected chi connectivity index (χ3v) is 3.25. The van der Waals surface area contributed by atoms with Crippen LogP contribution in [0.15, 0.2) is 27.3 Å². The Morgan fingerprint density at radius 2 is 2.06 bits per heavy atom. The number of anilines is 1. The van der Waals surface area contributed by atoms with E-state index in [9.17, 15) is 0 Å². The van der Waals surface area contributed by atoms with Crippen molar-refractivity contribution in [2.45, 2.75) is 19.8 Å². The molecule has 0 radical (unpaired) electrons. The van der Waals surface area contributed by atoms with Crippen LogP contribution in [0, 0.1) is 0 Å². The van der Waals surface area contributed by atoms with Gasteiger partial charge in [0.25, 0.3) is 0 Å². The van der Waals surface area contributed by atoms with Crippen LogP contribution < -0.4 is 10.5 Å². The van der Waals surface area contributed by atoms with E-state index >= 15 is 0 Å². The van der Waals surface area contributed by atoms with Crippen LogP contribution in [0.4, 0.5) is 5.88 Å². The van der Waals surface area contributed by atoms with Crippen molar-refractivity contribution < 1.29 is 9.26 Å². The first kappa shape index (κ1) is 13.0. The maximum absolute atomic E-state index is 5.77. The van der Waals surface area contributed by atoms with Gasteiger partial charge in [0.1, 0.15) is 5.75 Å². The summed E-state index contributed by atoms with van der Waals surface area (Å²) >= 11 is 3.51. The van der Waals surface area contributed by atoms with Crippen molar-refractivity contribution in [3.8, 4) is 16.9 Å². The molecule has 2 N–H and O–H groups in total. The first-order chi connectivity index (χ1) is 8.54.